The molecule has 0 aromatic carbocycles. The molecule has 10 heavy (non-hydrogen) atoms. The van der Waals surface area contributed by atoms with Crippen molar-refractivity contribution in [1.82, 2.24) is 0 Å². The summed E-state index contributed by atoms with van der Waals surface area (Å²) in [6, 6.07) is 0. The van der Waals surface area contributed by atoms with Gasteiger partial charge in [-0.15, -0.1) is 0 Å². The first-order valence-electron chi connectivity index (χ1n) is 2.78. The van der Waals surface area contributed by atoms with E-state index >= 15 is 0 Å². The van der Waals surface area contributed by atoms with Gasteiger partial charge in [0.15, 0.2) is 0 Å². The molecule has 0 aliphatic heterocycles. The molecular formula is C7H9BrO2. The number of hydrogen-bond acceptors (Lipinski definition) is 2. The van der Waals surface area contributed by atoms with Crippen LogP contribution in [-0.2, 0) is 9.53 Å². The van der Waals surface area contributed by atoms with Gasteiger partial charge in [0.25, 0.3) is 0 Å². The number of carbonyl (C=O) groups is 1. The number of methoxy groups -OCH3 is 1. The van der Waals surface area contributed by atoms with Crippen LogP contribution in [0.25, 0.3) is 0 Å². The van der Waals surface area contributed by atoms with Gasteiger partial charge in [-0.3, -0.25) is 0 Å². The molecule has 56 valence electrons. The summed E-state index contributed by atoms with van der Waals surface area (Å²) in [5.74, 6) is -0.348. The average molecular weight is 205 g/mol. The first-order valence-corrected chi connectivity index (χ1v) is 3.58. The van der Waals surface area contributed by atoms with Gasteiger partial charge in [0.05, 0.1) is 7.11 Å². The molecule has 0 atom stereocenters. The molecule has 0 heterocycles. The third-order valence-electron chi connectivity index (χ3n) is 0.856. The third-order valence-corrected chi connectivity index (χ3v) is 1.58. The molecule has 0 fully saturated rings. The number of ether oxygens (including phenoxy) is 1. The summed E-state index contributed by atoms with van der Waals surface area (Å²) in [7, 11) is 1.34. The summed E-state index contributed by atoms with van der Waals surface area (Å²) < 4.78 is 5.23. The second-order valence-corrected chi connectivity index (χ2v) is 2.45. The number of rotatable bonds is 2. The van der Waals surface area contributed by atoms with E-state index in [0.29, 0.717) is 0 Å². The van der Waals surface area contributed by atoms with Gasteiger partial charge in [-0.25, -0.2) is 4.79 Å². The molecule has 0 unspecified atom stereocenters. The van der Waals surface area contributed by atoms with Crippen molar-refractivity contribution in [3.05, 3.63) is 22.7 Å². The molecule has 0 aliphatic carbocycles. The van der Waals surface area contributed by atoms with E-state index in [0.717, 1.165) is 4.48 Å². The fourth-order valence-electron chi connectivity index (χ4n) is 0.312. The summed E-state index contributed by atoms with van der Waals surface area (Å²) in [5.41, 5.74) is 0. The van der Waals surface area contributed by atoms with E-state index in [2.05, 4.69) is 20.7 Å². The van der Waals surface area contributed by atoms with Crippen molar-refractivity contribution in [2.24, 2.45) is 0 Å². The predicted octanol–water partition coefficient (Wildman–Crippen LogP) is 2.01. The lowest BCUT2D eigenvalue weighted by molar-refractivity contribution is -0.134. The van der Waals surface area contributed by atoms with Crippen molar-refractivity contribution in [1.29, 1.82) is 0 Å². The van der Waals surface area contributed by atoms with E-state index in [-0.39, 0.29) is 5.97 Å². The van der Waals surface area contributed by atoms with Crippen LogP contribution in [0.2, 0.25) is 0 Å². The first-order chi connectivity index (χ1) is 4.70. The molecule has 0 amide bonds. The maximum absolute atomic E-state index is 10.5. The SMILES string of the molecule is CC=C(Br)C=CC(=O)OC. The molecule has 0 N–H and O–H groups in total. The summed E-state index contributed by atoms with van der Waals surface area (Å²) in [6.45, 7) is 1.87. The van der Waals surface area contributed by atoms with E-state index in [1.807, 2.05) is 13.0 Å². The molecular weight excluding hydrogens is 196 g/mol. The van der Waals surface area contributed by atoms with E-state index in [1.165, 1.54) is 13.2 Å². The van der Waals surface area contributed by atoms with Gasteiger partial charge >= 0.3 is 5.97 Å². The zero-order valence-electron chi connectivity index (χ0n) is 5.93. The molecule has 2 nitrogen and oxygen atoms in total. The first kappa shape index (κ1) is 9.43. The van der Waals surface area contributed by atoms with Crippen LogP contribution in [0.5, 0.6) is 0 Å². The van der Waals surface area contributed by atoms with Crippen LogP contribution >= 0.6 is 15.9 Å². The molecule has 0 rings (SSSR count). The van der Waals surface area contributed by atoms with Crippen molar-refractivity contribution >= 4 is 21.9 Å². The monoisotopic (exact) mass is 204 g/mol. The molecule has 3 heteroatoms. The molecule has 0 radical (unpaired) electrons. The fourth-order valence-corrected chi connectivity index (χ4v) is 0.444. The highest BCUT2D eigenvalue weighted by Gasteiger charge is 1.89. The molecule has 0 saturated carbocycles. The van der Waals surface area contributed by atoms with Gasteiger partial charge in [-0.05, 0) is 13.0 Å². The van der Waals surface area contributed by atoms with Crippen LogP contribution in [-0.4, -0.2) is 13.1 Å². The zero-order valence-corrected chi connectivity index (χ0v) is 7.51. The zero-order chi connectivity index (χ0) is 7.98. The topological polar surface area (TPSA) is 26.3 Å². The lowest BCUT2D eigenvalue weighted by Crippen LogP contribution is -1.93. The maximum atomic E-state index is 10.5. The van der Waals surface area contributed by atoms with Gasteiger partial charge in [0, 0.05) is 10.6 Å². The number of halogens is 1. The normalized spacial score (nSPS) is 12.1. The van der Waals surface area contributed by atoms with Gasteiger partial charge in [-0.1, -0.05) is 22.0 Å². The second-order valence-electron chi connectivity index (χ2n) is 1.53. The summed E-state index contributed by atoms with van der Waals surface area (Å²) >= 11 is 3.20. The smallest absolute Gasteiger partial charge is 0.330 e. The minimum Gasteiger partial charge on any atom is -0.466 e. The Bertz CT molecular complexity index is 170. The number of allylic oxidation sites excluding steroid dienone is 3. The van der Waals surface area contributed by atoms with Crippen molar-refractivity contribution in [3.63, 3.8) is 0 Å². The Morgan fingerprint density at radius 1 is 1.50 bits per heavy atom. The highest BCUT2D eigenvalue weighted by atomic mass is 79.9. The van der Waals surface area contributed by atoms with Crippen molar-refractivity contribution in [2.75, 3.05) is 7.11 Å². The second kappa shape index (κ2) is 5.23. The highest BCUT2D eigenvalue weighted by Crippen LogP contribution is 2.04. The van der Waals surface area contributed by atoms with Crippen LogP contribution in [0.4, 0.5) is 0 Å². The van der Waals surface area contributed by atoms with E-state index in [1.54, 1.807) is 6.08 Å². The maximum Gasteiger partial charge on any atom is 0.330 e. The standard InChI is InChI=1S/C7H9BrO2/c1-3-6(8)4-5-7(9)10-2/h3-5H,1-2H3. The van der Waals surface area contributed by atoms with Gasteiger partial charge in [-0.2, -0.15) is 0 Å². The molecule has 0 aromatic heterocycles. The van der Waals surface area contributed by atoms with E-state index in [4.69, 9.17) is 0 Å². The Balaban J connectivity index is 3.88. The van der Waals surface area contributed by atoms with Gasteiger partial charge in [0.1, 0.15) is 0 Å². The molecule has 0 aromatic rings. The quantitative estimate of drug-likeness (QED) is 0.391. The van der Waals surface area contributed by atoms with Crippen LogP contribution in [0.15, 0.2) is 22.7 Å². The third kappa shape index (κ3) is 4.32. The predicted molar refractivity (Wildman–Crippen MR) is 43.8 cm³/mol. The lowest BCUT2D eigenvalue weighted by Gasteiger charge is -1.88. The van der Waals surface area contributed by atoms with Gasteiger partial charge < -0.3 is 4.74 Å². The Labute approximate surface area is 68.7 Å². The minimum atomic E-state index is -0.348. The highest BCUT2D eigenvalue weighted by molar-refractivity contribution is 9.11. The van der Waals surface area contributed by atoms with Crippen LogP contribution in [0.1, 0.15) is 6.92 Å². The van der Waals surface area contributed by atoms with E-state index in [9.17, 15) is 4.79 Å². The fraction of sp³-hybridized carbons (Fsp3) is 0.286. The minimum absolute atomic E-state index is 0.348. The molecule has 0 spiro atoms. The Morgan fingerprint density at radius 2 is 2.10 bits per heavy atom. The van der Waals surface area contributed by atoms with Crippen LogP contribution in [0.3, 0.4) is 0 Å². The summed E-state index contributed by atoms with van der Waals surface area (Å²) in [5, 5.41) is 0. The number of hydrogen-bond donors (Lipinski definition) is 0. The Kier molecular flexibility index (Phi) is 4.94. The largest absolute Gasteiger partial charge is 0.466 e. The Morgan fingerprint density at radius 3 is 2.50 bits per heavy atom. The number of esters is 1. The Hall–Kier alpha value is -0.570. The van der Waals surface area contributed by atoms with Crippen molar-refractivity contribution in [3.8, 4) is 0 Å². The van der Waals surface area contributed by atoms with Crippen molar-refractivity contribution in [2.45, 2.75) is 6.92 Å². The average Bonchev–Trinajstić information content (AvgIpc) is 1.99. The van der Waals surface area contributed by atoms with Gasteiger partial charge in [0.2, 0.25) is 0 Å². The van der Waals surface area contributed by atoms with Crippen LogP contribution in [0, 0.1) is 0 Å². The molecule has 0 bridgehead atoms. The summed E-state index contributed by atoms with van der Waals surface area (Å²) in [4.78, 5) is 10.5. The lowest BCUT2D eigenvalue weighted by atomic mass is 10.4. The molecule has 0 aliphatic rings. The van der Waals surface area contributed by atoms with Crippen LogP contribution < -0.4 is 0 Å². The number of carbonyl (C=O) groups excluding carboxylic acids is 1. The van der Waals surface area contributed by atoms with E-state index < -0.39 is 0 Å². The molecule has 0 saturated heterocycles. The summed E-state index contributed by atoms with van der Waals surface area (Å²) in [6.07, 6.45) is 4.81. The van der Waals surface area contributed by atoms with Crippen molar-refractivity contribution < 1.29 is 9.53 Å².